The molecule has 0 aromatic heterocycles. The van der Waals surface area contributed by atoms with Crippen LogP contribution in [-0.2, 0) is 14.6 Å². The highest BCUT2D eigenvalue weighted by Crippen LogP contribution is 2.12. The van der Waals surface area contributed by atoms with Crippen LogP contribution in [0.15, 0.2) is 0 Å². The van der Waals surface area contributed by atoms with Gasteiger partial charge in [-0.15, -0.1) is 0 Å². The standard InChI is InChI=1S/C15H32O4S.C3H9N/c1-2-3-4-5-6-7-8-9-10-11-12-13-14-15-19-20(16,17)18;1-4(2)3/h2-15H2,1H3,(H,16,17,18);1-3H3. The molecule has 0 amide bonds. The lowest BCUT2D eigenvalue weighted by Gasteiger charge is -2.03. The normalized spacial score (nSPS) is 11.4. The molecule has 0 aliphatic carbocycles. The minimum Gasteiger partial charge on any atom is -0.312 e. The summed E-state index contributed by atoms with van der Waals surface area (Å²) in [7, 11) is 1.76. The Morgan fingerprint density at radius 1 is 0.708 bits per heavy atom. The van der Waals surface area contributed by atoms with Gasteiger partial charge in [0.25, 0.3) is 0 Å². The van der Waals surface area contributed by atoms with E-state index in [4.69, 9.17) is 4.55 Å². The summed E-state index contributed by atoms with van der Waals surface area (Å²) in [6.07, 6.45) is 16.1. The highest BCUT2D eigenvalue weighted by molar-refractivity contribution is 7.80. The Balaban J connectivity index is 0. The maximum Gasteiger partial charge on any atom is 0.397 e. The van der Waals surface area contributed by atoms with E-state index in [1.807, 2.05) is 26.0 Å². The SMILES string of the molecule is CCCCCCCCCCCCCCCOS(=O)(=O)O.CN(C)C. The van der Waals surface area contributed by atoms with Crippen LogP contribution < -0.4 is 0 Å². The first-order valence-electron chi connectivity index (χ1n) is 9.52. The van der Waals surface area contributed by atoms with E-state index in [0.29, 0.717) is 6.42 Å². The molecule has 0 spiro atoms. The Bertz CT molecular complexity index is 329. The van der Waals surface area contributed by atoms with E-state index >= 15 is 0 Å². The second kappa shape index (κ2) is 19.2. The van der Waals surface area contributed by atoms with Crippen molar-refractivity contribution in [2.45, 2.75) is 90.4 Å². The molecule has 0 atom stereocenters. The molecule has 0 aliphatic heterocycles. The summed E-state index contributed by atoms with van der Waals surface area (Å²) in [6.45, 7) is 2.34. The van der Waals surface area contributed by atoms with Crippen molar-refractivity contribution in [3.8, 4) is 0 Å². The van der Waals surface area contributed by atoms with Gasteiger partial charge in [-0.25, -0.2) is 4.18 Å². The molecule has 0 fully saturated rings. The minimum absolute atomic E-state index is 0.0938. The summed E-state index contributed by atoms with van der Waals surface area (Å²) < 4.78 is 33.2. The molecular formula is C18H41NO4S. The third-order valence-corrected chi connectivity index (χ3v) is 3.94. The Morgan fingerprint density at radius 2 is 1.00 bits per heavy atom. The second-order valence-electron chi connectivity index (χ2n) is 6.83. The molecule has 0 unspecified atom stereocenters. The van der Waals surface area contributed by atoms with Gasteiger partial charge in [0, 0.05) is 0 Å². The highest BCUT2D eigenvalue weighted by atomic mass is 32.3. The van der Waals surface area contributed by atoms with Gasteiger partial charge < -0.3 is 4.90 Å². The van der Waals surface area contributed by atoms with Gasteiger partial charge in [0.2, 0.25) is 0 Å². The summed E-state index contributed by atoms with van der Waals surface area (Å²) >= 11 is 0. The first kappa shape index (κ1) is 26.1. The number of hydrogen-bond acceptors (Lipinski definition) is 4. The Labute approximate surface area is 151 Å². The van der Waals surface area contributed by atoms with Crippen LogP contribution in [0, 0.1) is 0 Å². The van der Waals surface area contributed by atoms with Gasteiger partial charge in [-0.3, -0.25) is 4.55 Å². The molecule has 148 valence electrons. The van der Waals surface area contributed by atoms with E-state index in [2.05, 4.69) is 11.1 Å². The van der Waals surface area contributed by atoms with Crippen molar-refractivity contribution in [2.75, 3.05) is 27.7 Å². The van der Waals surface area contributed by atoms with E-state index in [1.165, 1.54) is 64.2 Å². The first-order chi connectivity index (χ1) is 11.3. The van der Waals surface area contributed by atoms with Crippen LogP contribution in [0.2, 0.25) is 0 Å². The molecule has 24 heavy (non-hydrogen) atoms. The van der Waals surface area contributed by atoms with Crippen molar-refractivity contribution in [3.63, 3.8) is 0 Å². The van der Waals surface area contributed by atoms with Gasteiger partial charge >= 0.3 is 10.4 Å². The Morgan fingerprint density at radius 3 is 1.29 bits per heavy atom. The Hall–Kier alpha value is -0.170. The minimum atomic E-state index is -4.24. The molecule has 6 heteroatoms. The van der Waals surface area contributed by atoms with E-state index in [-0.39, 0.29) is 6.61 Å². The summed E-state index contributed by atoms with van der Waals surface area (Å²) in [5, 5.41) is 0. The zero-order chi connectivity index (χ0) is 18.7. The van der Waals surface area contributed by atoms with Crippen LogP contribution in [0.5, 0.6) is 0 Å². The number of rotatable bonds is 15. The van der Waals surface area contributed by atoms with Crippen LogP contribution in [0.4, 0.5) is 0 Å². The molecular weight excluding hydrogens is 326 g/mol. The zero-order valence-electron chi connectivity index (χ0n) is 16.4. The van der Waals surface area contributed by atoms with Gasteiger partial charge in [-0.2, -0.15) is 8.42 Å². The topological polar surface area (TPSA) is 66.8 Å². The summed E-state index contributed by atoms with van der Waals surface area (Å²) in [6, 6.07) is 0. The number of unbranched alkanes of at least 4 members (excludes halogenated alkanes) is 12. The fourth-order valence-electron chi connectivity index (χ4n) is 2.28. The second-order valence-corrected chi connectivity index (χ2v) is 7.93. The third kappa shape index (κ3) is 33.4. The van der Waals surface area contributed by atoms with E-state index in [0.717, 1.165) is 12.8 Å². The van der Waals surface area contributed by atoms with Crippen LogP contribution in [-0.4, -0.2) is 45.6 Å². The monoisotopic (exact) mass is 367 g/mol. The van der Waals surface area contributed by atoms with Crippen molar-refractivity contribution in [3.05, 3.63) is 0 Å². The largest absolute Gasteiger partial charge is 0.397 e. The molecule has 0 rings (SSSR count). The predicted octanol–water partition coefficient (Wildman–Crippen LogP) is 5.07. The molecule has 1 N–H and O–H groups in total. The van der Waals surface area contributed by atoms with Crippen molar-refractivity contribution in [1.82, 2.24) is 4.90 Å². The van der Waals surface area contributed by atoms with Crippen molar-refractivity contribution in [2.24, 2.45) is 0 Å². The van der Waals surface area contributed by atoms with E-state index in [1.54, 1.807) is 0 Å². The summed E-state index contributed by atoms with van der Waals surface area (Å²) in [5.41, 5.74) is 0. The van der Waals surface area contributed by atoms with E-state index < -0.39 is 10.4 Å². The molecule has 0 aromatic rings. The van der Waals surface area contributed by atoms with Crippen molar-refractivity contribution < 1.29 is 17.2 Å². The average Bonchev–Trinajstić information content (AvgIpc) is 2.46. The lowest BCUT2D eigenvalue weighted by Crippen LogP contribution is -2.04. The molecule has 0 saturated carbocycles. The lowest BCUT2D eigenvalue weighted by molar-refractivity contribution is 0.261. The number of nitrogens with zero attached hydrogens (tertiary/aromatic N) is 1. The maximum atomic E-state index is 10.3. The number of hydrogen-bond donors (Lipinski definition) is 1. The molecule has 0 heterocycles. The quantitative estimate of drug-likeness (QED) is 0.323. The van der Waals surface area contributed by atoms with Crippen molar-refractivity contribution >= 4 is 10.4 Å². The summed E-state index contributed by atoms with van der Waals surface area (Å²) in [4.78, 5) is 2.00. The van der Waals surface area contributed by atoms with Crippen molar-refractivity contribution in [1.29, 1.82) is 0 Å². The molecule has 0 aliphatic rings. The third-order valence-electron chi connectivity index (χ3n) is 3.48. The zero-order valence-corrected chi connectivity index (χ0v) is 17.2. The molecule has 5 nitrogen and oxygen atoms in total. The lowest BCUT2D eigenvalue weighted by atomic mass is 10.0. The van der Waals surface area contributed by atoms with Crippen LogP contribution in [0.25, 0.3) is 0 Å². The average molecular weight is 368 g/mol. The predicted molar refractivity (Wildman–Crippen MR) is 103 cm³/mol. The van der Waals surface area contributed by atoms with Gasteiger partial charge in [0.15, 0.2) is 0 Å². The van der Waals surface area contributed by atoms with Gasteiger partial charge in [0.1, 0.15) is 0 Å². The van der Waals surface area contributed by atoms with Gasteiger partial charge in [0.05, 0.1) is 6.61 Å². The molecule has 0 aromatic carbocycles. The van der Waals surface area contributed by atoms with Crippen LogP contribution >= 0.6 is 0 Å². The first-order valence-corrected chi connectivity index (χ1v) is 10.9. The molecule has 0 saturated heterocycles. The van der Waals surface area contributed by atoms with Gasteiger partial charge in [-0.1, -0.05) is 84.0 Å². The van der Waals surface area contributed by atoms with Crippen LogP contribution in [0.3, 0.4) is 0 Å². The maximum absolute atomic E-state index is 10.3. The summed E-state index contributed by atoms with van der Waals surface area (Å²) in [5.74, 6) is 0. The fourth-order valence-corrected chi connectivity index (χ4v) is 2.61. The van der Waals surface area contributed by atoms with Gasteiger partial charge in [-0.05, 0) is 27.6 Å². The fraction of sp³-hybridized carbons (Fsp3) is 1.00. The molecule has 0 bridgehead atoms. The smallest absolute Gasteiger partial charge is 0.312 e. The molecule has 0 radical (unpaired) electrons. The highest BCUT2D eigenvalue weighted by Gasteiger charge is 2.02. The van der Waals surface area contributed by atoms with Crippen LogP contribution in [0.1, 0.15) is 90.4 Å². The Kier molecular flexibility index (Phi) is 20.8. The van der Waals surface area contributed by atoms with E-state index in [9.17, 15) is 8.42 Å².